The summed E-state index contributed by atoms with van der Waals surface area (Å²) in [6.45, 7) is 10.5. The second-order valence-electron chi connectivity index (χ2n) is 7.45. The van der Waals surface area contributed by atoms with Crippen LogP contribution in [0.1, 0.15) is 54.4 Å². The number of ether oxygens (including phenoxy) is 2. The Labute approximate surface area is 131 Å². The maximum Gasteiger partial charge on any atom is 0.407 e. The Morgan fingerprint density at radius 2 is 1.18 bits per heavy atom. The lowest BCUT2D eigenvalue weighted by atomic mass is 10.1. The number of carbonyl (C=O) groups excluding carboxylic acids is 3. The topological polar surface area (TPSA) is 93.7 Å². The fourth-order valence-electron chi connectivity index (χ4n) is 2.08. The van der Waals surface area contributed by atoms with Crippen molar-refractivity contribution in [3.8, 4) is 0 Å². The van der Waals surface area contributed by atoms with E-state index in [1.165, 1.54) is 0 Å². The molecular formula is C15H26N2O5. The lowest BCUT2D eigenvalue weighted by Gasteiger charge is -2.26. The summed E-state index contributed by atoms with van der Waals surface area (Å²) in [5, 5.41) is 5.26. The zero-order chi connectivity index (χ0) is 17.1. The maximum absolute atomic E-state index is 11.8. The van der Waals surface area contributed by atoms with Gasteiger partial charge in [0.05, 0.1) is 12.1 Å². The van der Waals surface area contributed by atoms with Crippen LogP contribution in [-0.4, -0.2) is 41.3 Å². The Morgan fingerprint density at radius 1 is 0.864 bits per heavy atom. The molecule has 0 saturated heterocycles. The van der Waals surface area contributed by atoms with Gasteiger partial charge >= 0.3 is 12.2 Å². The number of nitrogens with one attached hydrogen (secondary N) is 2. The Bertz CT molecular complexity index is 408. The van der Waals surface area contributed by atoms with Gasteiger partial charge in [0.1, 0.15) is 17.0 Å². The molecule has 1 fully saturated rings. The highest BCUT2D eigenvalue weighted by Crippen LogP contribution is 2.18. The van der Waals surface area contributed by atoms with Crippen molar-refractivity contribution < 1.29 is 23.9 Å². The Morgan fingerprint density at radius 3 is 1.45 bits per heavy atom. The molecule has 1 saturated carbocycles. The largest absolute Gasteiger partial charge is 0.444 e. The lowest BCUT2D eigenvalue weighted by molar-refractivity contribution is -0.117. The quantitative estimate of drug-likeness (QED) is 0.814. The molecule has 2 N–H and O–H groups in total. The van der Waals surface area contributed by atoms with Crippen LogP contribution in [-0.2, 0) is 14.3 Å². The molecule has 1 aliphatic rings. The van der Waals surface area contributed by atoms with Crippen molar-refractivity contribution in [2.75, 3.05) is 0 Å². The molecule has 7 heteroatoms. The van der Waals surface area contributed by atoms with Gasteiger partial charge in [-0.1, -0.05) is 0 Å². The summed E-state index contributed by atoms with van der Waals surface area (Å²) in [6.07, 6.45) is -0.884. The minimum absolute atomic E-state index is 0.0258. The summed E-state index contributed by atoms with van der Waals surface area (Å²) >= 11 is 0. The van der Waals surface area contributed by atoms with E-state index in [1.807, 2.05) is 0 Å². The number of carbonyl (C=O) groups is 3. The second kappa shape index (κ2) is 6.54. The highest BCUT2D eigenvalue weighted by molar-refractivity contribution is 5.84. The van der Waals surface area contributed by atoms with Crippen molar-refractivity contribution in [1.82, 2.24) is 10.6 Å². The second-order valence-corrected chi connectivity index (χ2v) is 7.45. The van der Waals surface area contributed by atoms with E-state index in [9.17, 15) is 14.4 Å². The lowest BCUT2D eigenvalue weighted by Crippen LogP contribution is -2.50. The van der Waals surface area contributed by atoms with Gasteiger partial charge in [-0.25, -0.2) is 9.59 Å². The summed E-state index contributed by atoms with van der Waals surface area (Å²) in [6, 6.07) is -0.982. The molecule has 0 spiro atoms. The van der Waals surface area contributed by atoms with E-state index in [-0.39, 0.29) is 18.6 Å². The molecule has 7 nitrogen and oxygen atoms in total. The number of Topliss-reactive ketones (excluding diaryl/α,β-unsaturated/α-hetero) is 1. The van der Waals surface area contributed by atoms with Crippen molar-refractivity contribution >= 4 is 18.0 Å². The zero-order valence-corrected chi connectivity index (χ0v) is 14.1. The summed E-state index contributed by atoms with van der Waals surface area (Å²) in [4.78, 5) is 35.2. The number of ketones is 1. The van der Waals surface area contributed by atoms with Crippen molar-refractivity contribution in [2.24, 2.45) is 0 Å². The molecule has 2 amide bonds. The normalized spacial score (nSPS) is 22.2. The van der Waals surface area contributed by atoms with Gasteiger partial charge in [-0.05, 0) is 41.5 Å². The number of alkyl carbamates (subject to hydrolysis) is 2. The fraction of sp³-hybridized carbons (Fsp3) is 0.800. The average molecular weight is 314 g/mol. The first kappa shape index (κ1) is 18.3. The van der Waals surface area contributed by atoms with Gasteiger partial charge in [0.25, 0.3) is 0 Å². The van der Waals surface area contributed by atoms with Crippen LogP contribution in [0.3, 0.4) is 0 Å². The van der Waals surface area contributed by atoms with Gasteiger partial charge in [0.2, 0.25) is 0 Å². The van der Waals surface area contributed by atoms with Gasteiger partial charge in [-0.2, -0.15) is 0 Å². The van der Waals surface area contributed by atoms with Gasteiger partial charge < -0.3 is 20.1 Å². The van der Waals surface area contributed by atoms with Gasteiger partial charge in [-0.3, -0.25) is 4.79 Å². The predicted molar refractivity (Wildman–Crippen MR) is 80.6 cm³/mol. The first-order valence-corrected chi connectivity index (χ1v) is 7.36. The molecule has 22 heavy (non-hydrogen) atoms. The number of hydrogen-bond donors (Lipinski definition) is 2. The summed E-state index contributed by atoms with van der Waals surface area (Å²) < 4.78 is 10.3. The maximum atomic E-state index is 11.8. The fourth-order valence-corrected chi connectivity index (χ4v) is 2.08. The molecule has 1 aliphatic carbocycles. The van der Waals surface area contributed by atoms with E-state index in [0.29, 0.717) is 0 Å². The van der Waals surface area contributed by atoms with E-state index < -0.39 is 35.5 Å². The first-order chi connectivity index (χ1) is 9.85. The highest BCUT2D eigenvalue weighted by atomic mass is 16.6. The smallest absolute Gasteiger partial charge is 0.407 e. The van der Waals surface area contributed by atoms with Crippen LogP contribution < -0.4 is 10.6 Å². The standard InChI is InChI=1S/C15H26N2O5/c1-14(2,3)21-12(19)16-10-7-9(18)8-11(10)17-13(20)22-15(4,5)6/h10-11H,7-8H2,1-6H3,(H,16,19)(H,17,20). The summed E-state index contributed by atoms with van der Waals surface area (Å²) in [5.41, 5.74) is -1.25. The average Bonchev–Trinajstić information content (AvgIpc) is 2.52. The molecule has 2 unspecified atom stereocenters. The predicted octanol–water partition coefficient (Wildman–Crippen LogP) is 2.14. The monoisotopic (exact) mass is 314 g/mol. The molecule has 0 radical (unpaired) electrons. The van der Waals surface area contributed by atoms with Crippen molar-refractivity contribution in [3.05, 3.63) is 0 Å². The molecule has 1 rings (SSSR count). The van der Waals surface area contributed by atoms with Crippen LogP contribution in [0.5, 0.6) is 0 Å². The summed E-state index contributed by atoms with van der Waals surface area (Å²) in [5.74, 6) is -0.0258. The molecular weight excluding hydrogens is 288 g/mol. The van der Waals surface area contributed by atoms with Crippen molar-refractivity contribution in [3.63, 3.8) is 0 Å². The molecule has 0 bridgehead atoms. The van der Waals surface area contributed by atoms with Crippen LogP contribution in [0.4, 0.5) is 9.59 Å². The van der Waals surface area contributed by atoms with Crippen molar-refractivity contribution in [2.45, 2.75) is 77.7 Å². The SMILES string of the molecule is CC(C)(C)OC(=O)NC1CC(=O)CC1NC(=O)OC(C)(C)C. The third-order valence-electron chi connectivity index (χ3n) is 2.79. The number of amides is 2. The first-order valence-electron chi connectivity index (χ1n) is 7.36. The Hall–Kier alpha value is -1.79. The molecule has 0 aromatic carbocycles. The van der Waals surface area contributed by atoms with Crippen LogP contribution in [0.15, 0.2) is 0 Å². The number of hydrogen-bond acceptors (Lipinski definition) is 5. The van der Waals surface area contributed by atoms with E-state index in [1.54, 1.807) is 41.5 Å². The molecule has 0 aromatic rings. The third kappa shape index (κ3) is 6.78. The van der Waals surface area contributed by atoms with E-state index >= 15 is 0 Å². The van der Waals surface area contributed by atoms with Crippen molar-refractivity contribution in [1.29, 1.82) is 0 Å². The minimum atomic E-state index is -0.624. The van der Waals surface area contributed by atoms with Gasteiger partial charge in [0, 0.05) is 12.8 Å². The Kier molecular flexibility index (Phi) is 5.43. The third-order valence-corrected chi connectivity index (χ3v) is 2.79. The molecule has 2 atom stereocenters. The minimum Gasteiger partial charge on any atom is -0.444 e. The molecule has 0 aliphatic heterocycles. The van der Waals surface area contributed by atoms with E-state index in [0.717, 1.165) is 0 Å². The van der Waals surface area contributed by atoms with Crippen LogP contribution in [0, 0.1) is 0 Å². The van der Waals surface area contributed by atoms with Crippen LogP contribution >= 0.6 is 0 Å². The van der Waals surface area contributed by atoms with Gasteiger partial charge in [-0.15, -0.1) is 0 Å². The molecule has 0 heterocycles. The zero-order valence-electron chi connectivity index (χ0n) is 14.1. The molecule has 126 valence electrons. The van der Waals surface area contributed by atoms with Crippen LogP contribution in [0.2, 0.25) is 0 Å². The Balaban J connectivity index is 2.60. The number of rotatable bonds is 2. The van der Waals surface area contributed by atoms with E-state index in [2.05, 4.69) is 10.6 Å². The highest BCUT2D eigenvalue weighted by Gasteiger charge is 2.36. The van der Waals surface area contributed by atoms with Gasteiger partial charge in [0.15, 0.2) is 0 Å². The summed E-state index contributed by atoms with van der Waals surface area (Å²) in [7, 11) is 0. The molecule has 0 aromatic heterocycles. The van der Waals surface area contributed by atoms with E-state index in [4.69, 9.17) is 9.47 Å². The van der Waals surface area contributed by atoms with Crippen LogP contribution in [0.25, 0.3) is 0 Å².